The van der Waals surface area contributed by atoms with Gasteiger partial charge in [-0.05, 0) is 24.6 Å². The number of amides is 2. The van der Waals surface area contributed by atoms with E-state index >= 15 is 0 Å². The first kappa shape index (κ1) is 19.4. The molecular weight excluding hydrogens is 405 g/mol. The molecule has 1 aromatic heterocycles. The Bertz CT molecular complexity index is 970. The minimum atomic E-state index is -0.427. The van der Waals surface area contributed by atoms with Gasteiger partial charge in [-0.1, -0.05) is 59.6 Å². The Labute approximate surface area is 170 Å². The number of carbonyl (C=O) groups is 2. The molecule has 0 fully saturated rings. The third kappa shape index (κ3) is 4.66. The molecule has 3 aromatic rings. The Morgan fingerprint density at radius 1 is 1.00 bits per heavy atom. The van der Waals surface area contributed by atoms with Crippen LogP contribution in [-0.4, -0.2) is 16.8 Å². The number of hydrogen-bond donors (Lipinski definition) is 2. The van der Waals surface area contributed by atoms with Crippen molar-refractivity contribution >= 4 is 46.4 Å². The highest BCUT2D eigenvalue weighted by Gasteiger charge is 2.17. The highest BCUT2D eigenvalue weighted by Crippen LogP contribution is 2.27. The van der Waals surface area contributed by atoms with Gasteiger partial charge < -0.3 is 0 Å². The van der Waals surface area contributed by atoms with Crippen molar-refractivity contribution in [2.45, 2.75) is 13.3 Å². The second kappa shape index (κ2) is 8.52. The van der Waals surface area contributed by atoms with Gasteiger partial charge in [-0.3, -0.25) is 20.4 Å². The van der Waals surface area contributed by atoms with Crippen molar-refractivity contribution < 1.29 is 9.59 Å². The summed E-state index contributed by atoms with van der Waals surface area (Å²) >= 11 is 13.4. The van der Waals surface area contributed by atoms with Gasteiger partial charge in [0.05, 0.1) is 12.1 Å². The van der Waals surface area contributed by atoms with E-state index in [4.69, 9.17) is 23.2 Å². The topological polar surface area (TPSA) is 71.1 Å². The first-order valence-corrected chi connectivity index (χ1v) is 9.58. The zero-order valence-corrected chi connectivity index (χ0v) is 16.6. The van der Waals surface area contributed by atoms with Gasteiger partial charge in [-0.15, -0.1) is 11.3 Å². The van der Waals surface area contributed by atoms with Crippen LogP contribution in [0.3, 0.4) is 0 Å². The van der Waals surface area contributed by atoms with Crippen LogP contribution in [-0.2, 0) is 11.2 Å². The molecule has 8 heteroatoms. The van der Waals surface area contributed by atoms with E-state index < -0.39 is 11.8 Å². The maximum Gasteiger partial charge on any atom is 0.281 e. The average molecular weight is 420 g/mol. The van der Waals surface area contributed by atoms with Crippen LogP contribution < -0.4 is 10.9 Å². The van der Waals surface area contributed by atoms with E-state index in [-0.39, 0.29) is 6.42 Å². The number of nitrogens with zero attached hydrogens (tertiary/aromatic N) is 1. The number of hydrazine groups is 1. The first-order chi connectivity index (χ1) is 13.0. The fraction of sp³-hybridized carbons (Fsp3) is 0.105. The number of aromatic nitrogens is 1. The third-order valence-electron chi connectivity index (χ3n) is 3.74. The van der Waals surface area contributed by atoms with Gasteiger partial charge >= 0.3 is 0 Å². The van der Waals surface area contributed by atoms with Gasteiger partial charge in [0.1, 0.15) is 9.88 Å². The summed E-state index contributed by atoms with van der Waals surface area (Å²) in [6.07, 6.45) is -0.0459. The summed E-state index contributed by atoms with van der Waals surface area (Å²) < 4.78 is 0. The molecule has 0 bridgehead atoms. The fourth-order valence-corrected chi connectivity index (χ4v) is 3.90. The molecule has 0 unspecified atom stereocenters. The number of rotatable bonds is 4. The molecule has 2 amide bonds. The summed E-state index contributed by atoms with van der Waals surface area (Å²) in [7, 11) is 0. The van der Waals surface area contributed by atoms with E-state index in [0.717, 1.165) is 10.6 Å². The SMILES string of the molecule is Cc1nc(-c2ccccc2)sc1C(=O)NNC(=O)Cc1c(Cl)cccc1Cl. The average Bonchev–Trinajstić information content (AvgIpc) is 3.05. The number of carbonyl (C=O) groups excluding carboxylic acids is 2. The van der Waals surface area contributed by atoms with Gasteiger partial charge in [-0.25, -0.2) is 4.98 Å². The third-order valence-corrected chi connectivity index (χ3v) is 5.65. The normalized spacial score (nSPS) is 10.5. The van der Waals surface area contributed by atoms with Crippen LogP contribution in [0.5, 0.6) is 0 Å². The molecule has 2 N–H and O–H groups in total. The minimum absolute atomic E-state index is 0.0459. The van der Waals surface area contributed by atoms with Crippen LogP contribution in [0.15, 0.2) is 48.5 Å². The van der Waals surface area contributed by atoms with Crippen molar-refractivity contribution in [3.05, 3.63) is 74.7 Å². The van der Waals surface area contributed by atoms with E-state index in [2.05, 4.69) is 15.8 Å². The van der Waals surface area contributed by atoms with Gasteiger partial charge in [0.15, 0.2) is 0 Å². The minimum Gasteiger partial charge on any atom is -0.273 e. The van der Waals surface area contributed by atoms with Crippen LogP contribution in [0, 0.1) is 6.92 Å². The number of hydrogen-bond acceptors (Lipinski definition) is 4. The number of thiazole rings is 1. The standard InChI is InChI=1S/C19H15Cl2N3O2S/c1-11-17(27-19(22-11)12-6-3-2-4-7-12)18(26)24-23-16(25)10-13-14(20)8-5-9-15(13)21/h2-9H,10H2,1H3,(H,23,25)(H,24,26). The summed E-state index contributed by atoms with van der Waals surface area (Å²) in [5, 5.41) is 1.54. The molecule has 27 heavy (non-hydrogen) atoms. The van der Waals surface area contributed by atoms with Crippen LogP contribution in [0.1, 0.15) is 20.9 Å². The first-order valence-electron chi connectivity index (χ1n) is 8.00. The predicted octanol–water partition coefficient (Wildman–Crippen LogP) is 4.43. The molecule has 0 aliphatic rings. The van der Waals surface area contributed by atoms with E-state index in [1.54, 1.807) is 25.1 Å². The molecular formula is C19H15Cl2N3O2S. The zero-order valence-electron chi connectivity index (χ0n) is 14.3. The molecule has 0 radical (unpaired) electrons. The lowest BCUT2D eigenvalue weighted by molar-refractivity contribution is -0.121. The Kier molecular flexibility index (Phi) is 6.11. The van der Waals surface area contributed by atoms with E-state index in [1.807, 2.05) is 30.3 Å². The maximum atomic E-state index is 12.4. The monoisotopic (exact) mass is 419 g/mol. The Morgan fingerprint density at radius 2 is 1.67 bits per heavy atom. The van der Waals surface area contributed by atoms with E-state index in [0.29, 0.717) is 26.2 Å². The predicted molar refractivity (Wildman–Crippen MR) is 108 cm³/mol. The van der Waals surface area contributed by atoms with Crippen LogP contribution in [0.2, 0.25) is 10.0 Å². The molecule has 0 atom stereocenters. The molecule has 3 rings (SSSR count). The lowest BCUT2D eigenvalue weighted by atomic mass is 10.1. The summed E-state index contributed by atoms with van der Waals surface area (Å²) in [4.78, 5) is 29.4. The lowest BCUT2D eigenvalue weighted by Crippen LogP contribution is -2.42. The molecule has 138 valence electrons. The number of aryl methyl sites for hydroxylation is 1. The highest BCUT2D eigenvalue weighted by atomic mass is 35.5. The van der Waals surface area contributed by atoms with Crippen molar-refractivity contribution in [2.75, 3.05) is 0 Å². The van der Waals surface area contributed by atoms with Crippen molar-refractivity contribution in [1.29, 1.82) is 0 Å². The molecule has 0 saturated carbocycles. The number of halogens is 2. The molecule has 0 spiro atoms. The number of nitrogens with one attached hydrogen (secondary N) is 2. The Balaban J connectivity index is 1.64. The second-order valence-electron chi connectivity index (χ2n) is 5.68. The van der Waals surface area contributed by atoms with E-state index in [1.165, 1.54) is 11.3 Å². The lowest BCUT2D eigenvalue weighted by Gasteiger charge is -2.09. The molecule has 0 aliphatic heterocycles. The maximum absolute atomic E-state index is 12.4. The summed E-state index contributed by atoms with van der Waals surface area (Å²) in [6.45, 7) is 1.75. The van der Waals surface area contributed by atoms with Crippen molar-refractivity contribution in [1.82, 2.24) is 15.8 Å². The van der Waals surface area contributed by atoms with Crippen molar-refractivity contribution in [2.24, 2.45) is 0 Å². The summed E-state index contributed by atoms with van der Waals surface area (Å²) in [6, 6.07) is 14.6. The largest absolute Gasteiger partial charge is 0.281 e. The quantitative estimate of drug-likeness (QED) is 0.614. The summed E-state index contributed by atoms with van der Waals surface area (Å²) in [5.41, 5.74) is 6.83. The van der Waals surface area contributed by atoms with Gasteiger partial charge in [0.2, 0.25) is 5.91 Å². The highest BCUT2D eigenvalue weighted by molar-refractivity contribution is 7.17. The van der Waals surface area contributed by atoms with Crippen LogP contribution in [0.25, 0.3) is 10.6 Å². The van der Waals surface area contributed by atoms with Gasteiger partial charge in [-0.2, -0.15) is 0 Å². The summed E-state index contributed by atoms with van der Waals surface area (Å²) in [5.74, 6) is -0.852. The van der Waals surface area contributed by atoms with E-state index in [9.17, 15) is 9.59 Å². The molecule has 5 nitrogen and oxygen atoms in total. The molecule has 2 aromatic carbocycles. The molecule has 0 aliphatic carbocycles. The molecule has 0 saturated heterocycles. The number of benzene rings is 2. The van der Waals surface area contributed by atoms with Gasteiger partial charge in [0, 0.05) is 15.6 Å². The van der Waals surface area contributed by atoms with Crippen molar-refractivity contribution in [3.63, 3.8) is 0 Å². The zero-order chi connectivity index (χ0) is 19.4. The Hall–Kier alpha value is -2.41. The molecule has 1 heterocycles. The van der Waals surface area contributed by atoms with Crippen LogP contribution in [0.4, 0.5) is 0 Å². The second-order valence-corrected chi connectivity index (χ2v) is 7.49. The smallest absolute Gasteiger partial charge is 0.273 e. The van der Waals surface area contributed by atoms with Crippen molar-refractivity contribution in [3.8, 4) is 10.6 Å². The Morgan fingerprint density at radius 3 is 2.33 bits per heavy atom. The van der Waals surface area contributed by atoms with Crippen LogP contribution >= 0.6 is 34.5 Å². The fourth-order valence-electron chi connectivity index (χ4n) is 2.40. The van der Waals surface area contributed by atoms with Gasteiger partial charge in [0.25, 0.3) is 5.91 Å².